The summed E-state index contributed by atoms with van der Waals surface area (Å²) >= 11 is 1.83. The number of nitro groups is 1. The molecule has 5 heteroatoms. The lowest BCUT2D eigenvalue weighted by Crippen LogP contribution is -2.25. The number of hydrogen-bond donors (Lipinski definition) is 0. The fourth-order valence-corrected chi connectivity index (χ4v) is 7.01. The number of thiophene rings is 1. The topological polar surface area (TPSA) is 46.4 Å². The Morgan fingerprint density at radius 1 is 1.05 bits per heavy atom. The van der Waals surface area contributed by atoms with E-state index in [1.54, 1.807) is 12.1 Å². The molecule has 0 fully saturated rings. The predicted molar refractivity (Wildman–Crippen MR) is 180 cm³/mol. The summed E-state index contributed by atoms with van der Waals surface area (Å²) in [5.74, 6) is 0. The van der Waals surface area contributed by atoms with Crippen molar-refractivity contribution in [2.45, 2.75) is 52.4 Å². The maximum atomic E-state index is 11.4. The Balaban J connectivity index is 1.35. The van der Waals surface area contributed by atoms with Crippen molar-refractivity contribution in [3.8, 4) is 10.4 Å². The van der Waals surface area contributed by atoms with E-state index in [0.717, 1.165) is 29.1 Å². The van der Waals surface area contributed by atoms with Crippen LogP contribution in [0.3, 0.4) is 0 Å². The zero-order chi connectivity index (χ0) is 30.2. The Kier molecular flexibility index (Phi) is 7.82. The van der Waals surface area contributed by atoms with Gasteiger partial charge in [-0.3, -0.25) is 10.1 Å². The maximum Gasteiger partial charge on any atom is 0.269 e. The highest BCUT2D eigenvalue weighted by atomic mass is 32.1. The van der Waals surface area contributed by atoms with Gasteiger partial charge in [-0.25, -0.2) is 0 Å². The van der Waals surface area contributed by atoms with Gasteiger partial charge in [0.05, 0.1) is 4.92 Å². The van der Waals surface area contributed by atoms with Crippen LogP contribution < -0.4 is 4.90 Å². The van der Waals surface area contributed by atoms with Gasteiger partial charge in [0.25, 0.3) is 5.69 Å². The average Bonchev–Trinajstić information content (AvgIpc) is 3.49. The van der Waals surface area contributed by atoms with Crippen molar-refractivity contribution in [3.63, 3.8) is 0 Å². The fourth-order valence-electron chi connectivity index (χ4n) is 5.95. The molecule has 1 aliphatic heterocycles. The number of likely N-dealkylation sites (N-methyl/N-ethyl adjacent to an activating group) is 1. The lowest BCUT2D eigenvalue weighted by atomic mass is 9.75. The summed E-state index contributed by atoms with van der Waals surface area (Å²) in [6, 6.07) is 22.7. The van der Waals surface area contributed by atoms with Crippen molar-refractivity contribution in [3.05, 3.63) is 142 Å². The number of hydrogen-bond acceptors (Lipinski definition) is 4. The molecule has 0 spiro atoms. The molecule has 42 heavy (non-hydrogen) atoms. The van der Waals surface area contributed by atoms with E-state index in [0.29, 0.717) is 0 Å². The predicted octanol–water partition coefficient (Wildman–Crippen LogP) is 10.4. The van der Waals surface area contributed by atoms with Gasteiger partial charge in [-0.15, -0.1) is 11.3 Å². The van der Waals surface area contributed by atoms with Gasteiger partial charge in [0.1, 0.15) is 0 Å². The van der Waals surface area contributed by atoms with Crippen molar-refractivity contribution in [1.29, 1.82) is 0 Å². The third-order valence-electron chi connectivity index (χ3n) is 8.60. The molecule has 0 amide bonds. The standard InChI is InChI=1S/C37H38N2O2S/c1-8-38-32-21-20-29(39(40)41)24-31(32)37(6,7)35(38)17-11-9-10-14-26(3)36(4,5)30-22-28(19-18-25(30)2)34-23-27-15-12-13-16-33(27)42-34/h9-24H,3,8H2,1-2,4-7H3/b11-9+,14-10+,35-17+. The minimum Gasteiger partial charge on any atom is -0.344 e. The molecule has 214 valence electrons. The summed E-state index contributed by atoms with van der Waals surface area (Å²) in [6.45, 7) is 18.2. The van der Waals surface area contributed by atoms with Crippen molar-refractivity contribution in [1.82, 2.24) is 0 Å². The number of rotatable bonds is 8. The molecule has 1 aliphatic rings. The van der Waals surface area contributed by atoms with Gasteiger partial charge in [-0.1, -0.05) is 88.9 Å². The lowest BCUT2D eigenvalue weighted by molar-refractivity contribution is -0.384. The number of nitro benzene ring substituents is 1. The summed E-state index contributed by atoms with van der Waals surface area (Å²) < 4.78 is 1.30. The second-order valence-corrected chi connectivity index (χ2v) is 13.0. The van der Waals surface area contributed by atoms with Crippen molar-refractivity contribution < 1.29 is 4.92 Å². The van der Waals surface area contributed by atoms with Crippen LogP contribution >= 0.6 is 11.3 Å². The van der Waals surface area contributed by atoms with E-state index in [9.17, 15) is 10.1 Å². The number of anilines is 1. The molecule has 1 aromatic heterocycles. The van der Waals surface area contributed by atoms with Crippen LogP contribution in [-0.4, -0.2) is 11.5 Å². The summed E-state index contributed by atoms with van der Waals surface area (Å²) in [7, 11) is 0. The largest absolute Gasteiger partial charge is 0.344 e. The number of benzene rings is 3. The minimum absolute atomic E-state index is 0.128. The van der Waals surface area contributed by atoms with Gasteiger partial charge in [-0.2, -0.15) is 0 Å². The zero-order valence-electron chi connectivity index (χ0n) is 25.3. The van der Waals surface area contributed by atoms with Crippen LogP contribution in [0.4, 0.5) is 11.4 Å². The SMILES string of the molecule is C=C(/C=C/C=C/C=C1/N(CC)c2ccc([N+](=O)[O-])cc2C1(C)C)C(C)(C)c1cc(-c2cc3ccccc3s2)ccc1C. The van der Waals surface area contributed by atoms with Crippen LogP contribution in [0.5, 0.6) is 0 Å². The molecule has 0 atom stereocenters. The summed E-state index contributed by atoms with van der Waals surface area (Å²) in [4.78, 5) is 14.6. The minimum atomic E-state index is -0.339. The molecule has 2 heterocycles. The molecule has 0 bridgehead atoms. The van der Waals surface area contributed by atoms with Gasteiger partial charge in [0.15, 0.2) is 0 Å². The molecule has 0 N–H and O–H groups in total. The first-order valence-corrected chi connectivity index (χ1v) is 15.2. The van der Waals surface area contributed by atoms with E-state index in [1.165, 1.54) is 31.7 Å². The number of nitrogens with zero attached hydrogens (tertiary/aromatic N) is 2. The molecule has 0 aliphatic carbocycles. The molecule has 0 saturated carbocycles. The molecule has 0 saturated heterocycles. The van der Waals surface area contributed by atoms with Crippen LogP contribution in [-0.2, 0) is 10.8 Å². The third-order valence-corrected chi connectivity index (χ3v) is 9.77. The van der Waals surface area contributed by atoms with Crippen molar-refractivity contribution >= 4 is 32.8 Å². The number of aryl methyl sites for hydroxylation is 1. The molecule has 4 nitrogen and oxygen atoms in total. The summed E-state index contributed by atoms with van der Waals surface area (Å²) in [5.41, 5.74) is 7.48. The van der Waals surface area contributed by atoms with E-state index < -0.39 is 0 Å². The van der Waals surface area contributed by atoms with E-state index in [2.05, 4.69) is 114 Å². The van der Waals surface area contributed by atoms with Gasteiger partial charge < -0.3 is 4.90 Å². The van der Waals surface area contributed by atoms with Crippen LogP contribution in [0.15, 0.2) is 115 Å². The average molecular weight is 575 g/mol. The quantitative estimate of drug-likeness (QED) is 0.119. The Bertz CT molecular complexity index is 1750. The fraction of sp³-hybridized carbons (Fsp3) is 0.243. The summed E-state index contributed by atoms with van der Waals surface area (Å²) in [6.07, 6.45) is 10.3. The Hall–Kier alpha value is -4.22. The normalized spacial score (nSPS) is 15.8. The van der Waals surface area contributed by atoms with Gasteiger partial charge in [-0.05, 0) is 77.4 Å². The summed E-state index contributed by atoms with van der Waals surface area (Å²) in [5, 5.41) is 12.7. The zero-order valence-corrected chi connectivity index (χ0v) is 26.1. The highest BCUT2D eigenvalue weighted by Crippen LogP contribution is 2.48. The molecular formula is C37H38N2O2S. The van der Waals surface area contributed by atoms with E-state index in [4.69, 9.17) is 0 Å². The molecule has 5 rings (SSSR count). The van der Waals surface area contributed by atoms with Crippen molar-refractivity contribution in [2.24, 2.45) is 0 Å². The van der Waals surface area contributed by atoms with Crippen LogP contribution in [0.1, 0.15) is 51.3 Å². The second-order valence-electron chi connectivity index (χ2n) is 12.0. The first-order valence-electron chi connectivity index (χ1n) is 14.4. The highest BCUT2D eigenvalue weighted by molar-refractivity contribution is 7.22. The molecule has 3 aromatic carbocycles. The Morgan fingerprint density at radius 3 is 2.52 bits per heavy atom. The maximum absolute atomic E-state index is 11.4. The molecule has 0 radical (unpaired) electrons. The first kappa shape index (κ1) is 29.3. The number of allylic oxidation sites excluding steroid dienone is 7. The van der Waals surface area contributed by atoms with E-state index >= 15 is 0 Å². The monoisotopic (exact) mass is 574 g/mol. The molecular weight excluding hydrogens is 536 g/mol. The van der Waals surface area contributed by atoms with Crippen LogP contribution in [0, 0.1) is 17.0 Å². The molecule has 0 unspecified atom stereocenters. The highest BCUT2D eigenvalue weighted by Gasteiger charge is 2.40. The van der Waals surface area contributed by atoms with Crippen LogP contribution in [0.25, 0.3) is 20.5 Å². The third kappa shape index (κ3) is 5.25. The lowest BCUT2D eigenvalue weighted by Gasteiger charge is -2.28. The van der Waals surface area contributed by atoms with Gasteiger partial charge >= 0.3 is 0 Å². The second kappa shape index (κ2) is 11.2. The molecule has 4 aromatic rings. The first-order chi connectivity index (χ1) is 19.9. The van der Waals surface area contributed by atoms with E-state index in [-0.39, 0.29) is 21.4 Å². The van der Waals surface area contributed by atoms with Crippen molar-refractivity contribution in [2.75, 3.05) is 11.4 Å². The Labute approximate surface area is 253 Å². The van der Waals surface area contributed by atoms with E-state index in [1.807, 2.05) is 35.6 Å². The van der Waals surface area contributed by atoms with Crippen LogP contribution in [0.2, 0.25) is 0 Å². The van der Waals surface area contributed by atoms with Gasteiger partial charge in [0.2, 0.25) is 0 Å². The number of fused-ring (bicyclic) bond motifs is 2. The smallest absolute Gasteiger partial charge is 0.269 e. The Morgan fingerprint density at radius 2 is 1.81 bits per heavy atom. The number of non-ortho nitro benzene ring substituents is 1. The van der Waals surface area contributed by atoms with Gasteiger partial charge in [0, 0.05) is 50.5 Å².